The minimum absolute atomic E-state index is 0.548. The van der Waals surface area contributed by atoms with Crippen LogP contribution < -0.4 is 0 Å². The zero-order valence-corrected chi connectivity index (χ0v) is 56.4. The quantitative estimate of drug-likeness (QED) is 0.135. The van der Waals surface area contributed by atoms with Gasteiger partial charge in [0.15, 0.2) is 46.1 Å². The summed E-state index contributed by atoms with van der Waals surface area (Å²) in [5.74, 6) is 3.44. The molecular weight excluding hydrogens is 1310 g/mol. The van der Waals surface area contributed by atoms with Crippen LogP contribution in [-0.2, 0) is 0 Å². The Hall–Kier alpha value is -14.6. The van der Waals surface area contributed by atoms with E-state index in [1.54, 1.807) is 0 Å². The van der Waals surface area contributed by atoms with Crippen LogP contribution in [0.1, 0.15) is 0 Å². The van der Waals surface area contributed by atoms with E-state index in [1.807, 2.05) is 176 Å². The second kappa shape index (κ2) is 24.6. The number of aromatic nitrogens is 8. The Balaban J connectivity index is 0.000000136. The number of para-hydroxylation sites is 6. The van der Waals surface area contributed by atoms with Gasteiger partial charge in [-0.1, -0.05) is 273 Å². The van der Waals surface area contributed by atoms with Crippen molar-refractivity contribution in [1.29, 1.82) is 0 Å². The van der Waals surface area contributed by atoms with Gasteiger partial charge in [0.1, 0.15) is 44.5 Å². The Labute approximate surface area is 603 Å². The first-order chi connectivity index (χ1) is 52.5. The molecule has 12 heteroatoms. The van der Waals surface area contributed by atoms with Crippen LogP contribution in [0.2, 0.25) is 0 Å². The molecule has 8 heterocycles. The molecule has 0 aliphatic heterocycles. The molecule has 0 saturated heterocycles. The highest BCUT2D eigenvalue weighted by Gasteiger charge is 2.25. The van der Waals surface area contributed by atoms with E-state index in [4.69, 9.17) is 57.5 Å². The van der Waals surface area contributed by atoms with Crippen LogP contribution in [0.3, 0.4) is 0 Å². The highest BCUT2D eigenvalue weighted by atomic mass is 16.3. The van der Waals surface area contributed by atoms with Crippen molar-refractivity contribution in [3.05, 3.63) is 328 Å². The van der Waals surface area contributed by atoms with Crippen molar-refractivity contribution >= 4 is 120 Å². The molecule has 22 rings (SSSR count). The van der Waals surface area contributed by atoms with Crippen LogP contribution in [0.15, 0.2) is 345 Å². The molecule has 0 atom stereocenters. The predicted octanol–water partition coefficient (Wildman–Crippen LogP) is 24.6. The lowest BCUT2D eigenvalue weighted by atomic mass is 9.94. The van der Waals surface area contributed by atoms with Gasteiger partial charge in [-0.05, 0) is 76.5 Å². The summed E-state index contributed by atoms with van der Waals surface area (Å²) in [7, 11) is 0. The smallest absolute Gasteiger partial charge is 0.167 e. The SMILES string of the molecule is c1ccc(-c2nc(-c3ccc(-c4nc5c6ccccc6oc5c5ccccc45)c4ccccc34)nc(-c3cccc4c3oc3ccccc34)n2)cc1.c1ccc(-c2nc(-c3ccccc3-c3ccc(-c4nc5c6ccccc6oc5c5ccccc45)cc3)nc(-c3cccc4c3oc3ccccc34)n2)cc1. The number of furan rings is 4. The van der Waals surface area contributed by atoms with Crippen molar-refractivity contribution in [3.63, 3.8) is 0 Å². The van der Waals surface area contributed by atoms with Gasteiger partial charge in [-0.15, -0.1) is 0 Å². The van der Waals surface area contributed by atoms with Crippen LogP contribution in [0.5, 0.6) is 0 Å². The maximum Gasteiger partial charge on any atom is 0.167 e. The van der Waals surface area contributed by atoms with Crippen LogP contribution >= 0.6 is 0 Å². The third kappa shape index (κ3) is 9.99. The van der Waals surface area contributed by atoms with E-state index in [0.29, 0.717) is 34.9 Å². The molecule has 0 aliphatic carbocycles. The molecule has 12 nitrogen and oxygen atoms in total. The van der Waals surface area contributed by atoms with Gasteiger partial charge in [0, 0.05) is 87.2 Å². The molecular formula is C94H54N8O4. The Morgan fingerprint density at radius 2 is 0.462 bits per heavy atom. The topological polar surface area (TPSA) is 156 Å². The standard InChI is InChI=1S/C48H28N4O2.C46H26N4O2/c1-2-13-31(14-3-1)46-50-47(52-48(51-46)39-22-12-21-35-33-16-8-10-23-40(33)53-44(35)39)37-19-7-4-15-32(37)29-25-27-30(28-26-29)42-34-17-5-6-18-36(34)45-43(49-42)38-20-9-11-24-41(38)54-45;1-2-13-27(14-3-1)44-48-45(50-46(49-44)37-22-12-21-33-30-17-8-10-23-38(30)51-42(33)37)35-26-25-32(28-15-4-5-16-29(28)35)40-31-18-6-7-19-34(31)43-41(47-40)36-20-9-11-24-39(36)52-43/h1-28H;1-26H. The molecule has 0 unspecified atom stereocenters. The molecule has 106 heavy (non-hydrogen) atoms. The van der Waals surface area contributed by atoms with E-state index in [0.717, 1.165) is 187 Å². The number of rotatable bonds is 9. The van der Waals surface area contributed by atoms with Gasteiger partial charge in [0.05, 0.1) is 22.5 Å². The van der Waals surface area contributed by atoms with Crippen molar-refractivity contribution in [3.8, 4) is 102 Å². The monoisotopic (exact) mass is 1360 g/mol. The Morgan fingerprint density at radius 1 is 0.151 bits per heavy atom. The molecule has 494 valence electrons. The average Bonchev–Trinajstić information content (AvgIpc) is 1.46. The fourth-order valence-corrected chi connectivity index (χ4v) is 15.1. The third-order valence-electron chi connectivity index (χ3n) is 20.1. The molecule has 0 radical (unpaired) electrons. The first kappa shape index (κ1) is 60.2. The summed E-state index contributed by atoms with van der Waals surface area (Å²) in [6, 6.07) is 111. The van der Waals surface area contributed by atoms with Gasteiger partial charge in [-0.3, -0.25) is 0 Å². The third-order valence-corrected chi connectivity index (χ3v) is 20.1. The molecule has 0 saturated carbocycles. The fraction of sp³-hybridized carbons (Fsp3) is 0. The largest absolute Gasteiger partial charge is 0.455 e. The zero-order chi connectivity index (χ0) is 69.8. The van der Waals surface area contributed by atoms with Crippen molar-refractivity contribution < 1.29 is 17.7 Å². The van der Waals surface area contributed by atoms with Gasteiger partial charge >= 0.3 is 0 Å². The van der Waals surface area contributed by atoms with E-state index < -0.39 is 0 Å². The van der Waals surface area contributed by atoms with Crippen molar-refractivity contribution in [2.75, 3.05) is 0 Å². The molecule has 0 N–H and O–H groups in total. The minimum atomic E-state index is 0.548. The summed E-state index contributed by atoms with van der Waals surface area (Å²) < 4.78 is 25.5. The molecule has 0 amide bonds. The van der Waals surface area contributed by atoms with Gasteiger partial charge in [-0.2, -0.15) is 0 Å². The molecule has 14 aromatic carbocycles. The number of hydrogen-bond acceptors (Lipinski definition) is 12. The van der Waals surface area contributed by atoms with Gasteiger partial charge in [0.2, 0.25) is 0 Å². The van der Waals surface area contributed by atoms with E-state index in [-0.39, 0.29) is 0 Å². The average molecular weight is 1360 g/mol. The van der Waals surface area contributed by atoms with E-state index in [1.165, 1.54) is 0 Å². The zero-order valence-electron chi connectivity index (χ0n) is 56.4. The molecule has 0 fully saturated rings. The molecule has 0 spiro atoms. The second-order valence-electron chi connectivity index (χ2n) is 26.3. The summed E-state index contributed by atoms with van der Waals surface area (Å²) in [4.78, 5) is 41.1. The van der Waals surface area contributed by atoms with Crippen LogP contribution in [0.4, 0.5) is 0 Å². The second-order valence-corrected chi connectivity index (χ2v) is 26.3. The summed E-state index contributed by atoms with van der Waals surface area (Å²) in [5.41, 5.74) is 19.3. The summed E-state index contributed by atoms with van der Waals surface area (Å²) in [5, 5.41) is 12.4. The number of fused-ring (bicyclic) bond motifs is 17. The maximum atomic E-state index is 6.44. The maximum absolute atomic E-state index is 6.44. The lowest BCUT2D eigenvalue weighted by Crippen LogP contribution is -2.01. The van der Waals surface area contributed by atoms with Crippen LogP contribution in [-0.4, -0.2) is 39.9 Å². The van der Waals surface area contributed by atoms with Gasteiger partial charge in [-0.25, -0.2) is 39.9 Å². The first-order valence-electron chi connectivity index (χ1n) is 35.1. The Morgan fingerprint density at radius 3 is 0.972 bits per heavy atom. The van der Waals surface area contributed by atoms with E-state index >= 15 is 0 Å². The van der Waals surface area contributed by atoms with Crippen LogP contribution in [0, 0.1) is 0 Å². The lowest BCUT2D eigenvalue weighted by Gasteiger charge is -2.14. The summed E-state index contributed by atoms with van der Waals surface area (Å²) >= 11 is 0. The minimum Gasteiger partial charge on any atom is -0.455 e. The predicted molar refractivity (Wildman–Crippen MR) is 426 cm³/mol. The number of nitrogens with zero attached hydrogens (tertiary/aromatic N) is 8. The van der Waals surface area contributed by atoms with Gasteiger partial charge < -0.3 is 17.7 Å². The van der Waals surface area contributed by atoms with E-state index in [2.05, 4.69) is 152 Å². The van der Waals surface area contributed by atoms with Gasteiger partial charge in [0.25, 0.3) is 0 Å². The first-order valence-corrected chi connectivity index (χ1v) is 35.1. The number of pyridine rings is 2. The van der Waals surface area contributed by atoms with E-state index in [9.17, 15) is 0 Å². The Kier molecular flexibility index (Phi) is 14.0. The van der Waals surface area contributed by atoms with Crippen LogP contribution in [0.25, 0.3) is 222 Å². The Bertz CT molecular complexity index is 7290. The lowest BCUT2D eigenvalue weighted by molar-refractivity contribution is 0.669. The highest BCUT2D eigenvalue weighted by Crippen LogP contribution is 2.45. The molecule has 0 bridgehead atoms. The molecule has 8 aromatic heterocycles. The number of benzene rings is 14. The summed E-state index contributed by atoms with van der Waals surface area (Å²) in [6.07, 6.45) is 0. The van der Waals surface area contributed by atoms with Crippen molar-refractivity contribution in [1.82, 2.24) is 39.9 Å². The molecule has 0 aliphatic rings. The number of hydrogen-bond donors (Lipinski definition) is 0. The molecule has 22 aromatic rings. The van der Waals surface area contributed by atoms with Crippen molar-refractivity contribution in [2.24, 2.45) is 0 Å². The normalized spacial score (nSPS) is 11.8. The van der Waals surface area contributed by atoms with Crippen molar-refractivity contribution in [2.45, 2.75) is 0 Å². The fourth-order valence-electron chi connectivity index (χ4n) is 15.1. The summed E-state index contributed by atoms with van der Waals surface area (Å²) in [6.45, 7) is 0. The highest BCUT2D eigenvalue weighted by molar-refractivity contribution is 6.19.